The van der Waals surface area contributed by atoms with Crippen molar-refractivity contribution in [3.05, 3.63) is 0 Å². The summed E-state index contributed by atoms with van der Waals surface area (Å²) in [5.41, 5.74) is -2.30. The Morgan fingerprint density at radius 3 is 1.61 bits per heavy atom. The zero-order valence-electron chi connectivity index (χ0n) is 21.7. The van der Waals surface area contributed by atoms with Gasteiger partial charge in [0.2, 0.25) is 0 Å². The molecule has 0 heterocycles. The molecule has 0 spiro atoms. The fraction of sp³-hybridized carbons (Fsp3) is 0.885. The fourth-order valence-electron chi connectivity index (χ4n) is 3.45. The first-order valence-electron chi connectivity index (χ1n) is 13.0. The van der Waals surface area contributed by atoms with Crippen LogP contribution in [-0.2, 0) is 28.6 Å². The second kappa shape index (κ2) is 18.8. The minimum Gasteiger partial charge on any atom is -0.466 e. The highest BCUT2D eigenvalue weighted by Gasteiger charge is 2.43. The van der Waals surface area contributed by atoms with Gasteiger partial charge in [-0.1, -0.05) is 79.6 Å². The van der Waals surface area contributed by atoms with Gasteiger partial charge in [0.25, 0.3) is 0 Å². The summed E-state index contributed by atoms with van der Waals surface area (Å²) in [5, 5.41) is 11.0. The van der Waals surface area contributed by atoms with Gasteiger partial charge in [-0.05, 0) is 31.1 Å². The van der Waals surface area contributed by atoms with Crippen molar-refractivity contribution < 1.29 is 33.7 Å². The molecule has 33 heavy (non-hydrogen) atoms. The van der Waals surface area contributed by atoms with Crippen LogP contribution in [0.25, 0.3) is 0 Å². The first-order valence-corrected chi connectivity index (χ1v) is 13.0. The molecule has 3 unspecified atom stereocenters. The normalized spacial score (nSPS) is 14.7. The largest absolute Gasteiger partial charge is 0.466 e. The fourth-order valence-corrected chi connectivity index (χ4v) is 3.45. The summed E-state index contributed by atoms with van der Waals surface area (Å²) in [6.07, 6.45) is 8.01. The minimum absolute atomic E-state index is 0.145. The van der Waals surface area contributed by atoms with Crippen molar-refractivity contribution in [2.45, 2.75) is 117 Å². The summed E-state index contributed by atoms with van der Waals surface area (Å²) in [5.74, 6) is -2.02. The minimum atomic E-state index is -2.30. The maximum Gasteiger partial charge on any atom is 0.339 e. The molecule has 0 aliphatic rings. The SMILES string of the molecule is CCCCOC(=O)CC(O)(CC(=O)OCC(CC)CCCC)C(=O)OCC(CC)CCCC. The highest BCUT2D eigenvalue weighted by atomic mass is 16.6. The van der Waals surface area contributed by atoms with Gasteiger partial charge in [0, 0.05) is 0 Å². The van der Waals surface area contributed by atoms with E-state index in [9.17, 15) is 19.5 Å². The summed E-state index contributed by atoms with van der Waals surface area (Å²) < 4.78 is 15.9. The molecular weight excluding hydrogens is 424 g/mol. The van der Waals surface area contributed by atoms with Gasteiger partial charge in [0.15, 0.2) is 5.60 Å². The third-order valence-corrected chi connectivity index (χ3v) is 6.03. The van der Waals surface area contributed by atoms with Crippen molar-refractivity contribution in [1.29, 1.82) is 0 Å². The van der Waals surface area contributed by atoms with Crippen molar-refractivity contribution in [2.75, 3.05) is 19.8 Å². The highest BCUT2D eigenvalue weighted by Crippen LogP contribution is 2.22. The molecule has 0 aromatic heterocycles. The van der Waals surface area contributed by atoms with E-state index in [0.29, 0.717) is 6.42 Å². The number of unbranched alkanes of at least 4 members (excludes halogenated alkanes) is 3. The van der Waals surface area contributed by atoms with Gasteiger partial charge < -0.3 is 19.3 Å². The summed E-state index contributed by atoms with van der Waals surface area (Å²) in [4.78, 5) is 37.5. The Bertz CT molecular complexity index is 549. The lowest BCUT2D eigenvalue weighted by atomic mass is 9.95. The Kier molecular flexibility index (Phi) is 17.8. The number of hydrogen-bond donors (Lipinski definition) is 1. The van der Waals surface area contributed by atoms with Gasteiger partial charge >= 0.3 is 17.9 Å². The summed E-state index contributed by atoms with van der Waals surface area (Å²) >= 11 is 0. The third-order valence-electron chi connectivity index (χ3n) is 6.03. The van der Waals surface area contributed by atoms with Crippen molar-refractivity contribution in [3.63, 3.8) is 0 Å². The maximum absolute atomic E-state index is 12.8. The van der Waals surface area contributed by atoms with E-state index < -0.39 is 36.4 Å². The predicted octanol–water partition coefficient (Wildman–Crippen LogP) is 5.36. The molecule has 194 valence electrons. The van der Waals surface area contributed by atoms with Crippen LogP contribution in [0, 0.1) is 11.8 Å². The number of carbonyl (C=O) groups excluding carboxylic acids is 3. The van der Waals surface area contributed by atoms with E-state index in [4.69, 9.17) is 14.2 Å². The maximum atomic E-state index is 12.8. The van der Waals surface area contributed by atoms with E-state index in [1.807, 2.05) is 20.8 Å². The zero-order valence-corrected chi connectivity index (χ0v) is 21.7. The Morgan fingerprint density at radius 1 is 0.697 bits per heavy atom. The lowest BCUT2D eigenvalue weighted by Crippen LogP contribution is -2.45. The second-order valence-electron chi connectivity index (χ2n) is 9.07. The first kappa shape index (κ1) is 31.4. The Balaban J connectivity index is 5.13. The summed E-state index contributed by atoms with van der Waals surface area (Å²) in [6.45, 7) is 10.8. The Labute approximate surface area is 200 Å². The van der Waals surface area contributed by atoms with Crippen LogP contribution in [0.15, 0.2) is 0 Å². The van der Waals surface area contributed by atoms with E-state index in [1.54, 1.807) is 0 Å². The molecule has 7 nitrogen and oxygen atoms in total. The molecule has 0 aliphatic heterocycles. The average Bonchev–Trinajstić information content (AvgIpc) is 2.79. The first-order chi connectivity index (χ1) is 15.8. The quantitative estimate of drug-likeness (QED) is 0.145. The lowest BCUT2D eigenvalue weighted by Gasteiger charge is -2.26. The van der Waals surface area contributed by atoms with E-state index in [1.165, 1.54) is 0 Å². The molecule has 0 fully saturated rings. The number of rotatable bonds is 20. The number of esters is 3. The summed E-state index contributed by atoms with van der Waals surface area (Å²) in [6, 6.07) is 0. The number of ether oxygens (including phenoxy) is 3. The average molecular weight is 473 g/mol. The second-order valence-corrected chi connectivity index (χ2v) is 9.07. The standard InChI is InChI=1S/C26H48O7/c1-6-11-14-21(9-4)19-32-24(28)18-26(30,17-23(27)31-16-13-8-3)25(29)33-20-22(10-5)15-12-7-2/h21-22,30H,6-20H2,1-5H3. The van der Waals surface area contributed by atoms with Crippen LogP contribution in [0.2, 0.25) is 0 Å². The van der Waals surface area contributed by atoms with Gasteiger partial charge in [-0.15, -0.1) is 0 Å². The zero-order chi connectivity index (χ0) is 25.1. The van der Waals surface area contributed by atoms with Crippen molar-refractivity contribution in [1.82, 2.24) is 0 Å². The van der Waals surface area contributed by atoms with E-state index in [-0.39, 0.29) is 31.7 Å². The molecule has 0 amide bonds. The Hall–Kier alpha value is -1.63. The van der Waals surface area contributed by atoms with Crippen LogP contribution >= 0.6 is 0 Å². The molecule has 0 bridgehead atoms. The van der Waals surface area contributed by atoms with Crippen molar-refractivity contribution in [3.8, 4) is 0 Å². The van der Waals surface area contributed by atoms with Crippen LogP contribution < -0.4 is 0 Å². The molecule has 0 aromatic carbocycles. The molecule has 1 N–H and O–H groups in total. The summed E-state index contributed by atoms with van der Waals surface area (Å²) in [7, 11) is 0. The monoisotopic (exact) mass is 472 g/mol. The van der Waals surface area contributed by atoms with Crippen LogP contribution in [0.4, 0.5) is 0 Å². The van der Waals surface area contributed by atoms with Gasteiger partial charge in [-0.25, -0.2) is 4.79 Å². The van der Waals surface area contributed by atoms with Crippen molar-refractivity contribution >= 4 is 17.9 Å². The molecule has 0 aromatic rings. The third kappa shape index (κ3) is 14.3. The van der Waals surface area contributed by atoms with E-state index in [2.05, 4.69) is 13.8 Å². The molecule has 0 rings (SSSR count). The number of carbonyl (C=O) groups is 3. The van der Waals surface area contributed by atoms with Gasteiger partial charge in [-0.2, -0.15) is 0 Å². The van der Waals surface area contributed by atoms with Gasteiger partial charge in [0.05, 0.1) is 32.7 Å². The molecule has 0 aliphatic carbocycles. The topological polar surface area (TPSA) is 99.1 Å². The molecule has 0 saturated heterocycles. The van der Waals surface area contributed by atoms with Gasteiger partial charge in [0.1, 0.15) is 0 Å². The van der Waals surface area contributed by atoms with E-state index in [0.717, 1.165) is 57.8 Å². The van der Waals surface area contributed by atoms with Crippen LogP contribution in [0.3, 0.4) is 0 Å². The Morgan fingerprint density at radius 2 is 1.15 bits per heavy atom. The molecule has 7 heteroatoms. The molecular formula is C26H48O7. The van der Waals surface area contributed by atoms with Crippen LogP contribution in [0.5, 0.6) is 0 Å². The highest BCUT2D eigenvalue weighted by molar-refractivity contribution is 5.90. The van der Waals surface area contributed by atoms with Crippen LogP contribution in [0.1, 0.15) is 112 Å². The van der Waals surface area contributed by atoms with E-state index >= 15 is 0 Å². The molecule has 0 radical (unpaired) electrons. The number of aliphatic hydroxyl groups is 1. The smallest absolute Gasteiger partial charge is 0.339 e. The van der Waals surface area contributed by atoms with Crippen molar-refractivity contribution in [2.24, 2.45) is 11.8 Å². The lowest BCUT2D eigenvalue weighted by molar-refractivity contribution is -0.179. The molecule has 3 atom stereocenters. The van der Waals surface area contributed by atoms with Gasteiger partial charge in [-0.3, -0.25) is 9.59 Å². The predicted molar refractivity (Wildman–Crippen MR) is 129 cm³/mol. The van der Waals surface area contributed by atoms with Crippen LogP contribution in [-0.4, -0.2) is 48.4 Å². The molecule has 0 saturated carbocycles. The number of hydrogen-bond acceptors (Lipinski definition) is 7.